The third-order valence-corrected chi connectivity index (χ3v) is 2.90. The van der Waals surface area contributed by atoms with E-state index in [2.05, 4.69) is 10.6 Å². The molecule has 0 aliphatic heterocycles. The number of carbonyl (C=O) groups excluding carboxylic acids is 2. The minimum Gasteiger partial charge on any atom is -0.352 e. The van der Waals surface area contributed by atoms with E-state index in [0.29, 0.717) is 24.2 Å². The van der Waals surface area contributed by atoms with Gasteiger partial charge in [-0.15, -0.1) is 0 Å². The minimum absolute atomic E-state index is 0.188. The van der Waals surface area contributed by atoms with Gasteiger partial charge in [-0.25, -0.2) is 0 Å². The van der Waals surface area contributed by atoms with Gasteiger partial charge in [-0.05, 0) is 25.0 Å². The zero-order chi connectivity index (χ0) is 15.0. The lowest BCUT2D eigenvalue weighted by molar-refractivity contribution is -0.117. The Balaban J connectivity index is 2.80. The van der Waals surface area contributed by atoms with Crippen LogP contribution in [0.5, 0.6) is 0 Å². The van der Waals surface area contributed by atoms with Crippen molar-refractivity contribution in [2.45, 2.75) is 39.2 Å². The first-order chi connectivity index (χ1) is 9.60. The second-order valence-electron chi connectivity index (χ2n) is 4.69. The first-order valence-electron chi connectivity index (χ1n) is 7.03. The first-order valence-corrected chi connectivity index (χ1v) is 7.03. The van der Waals surface area contributed by atoms with Gasteiger partial charge in [0.2, 0.25) is 5.91 Å². The van der Waals surface area contributed by atoms with Crippen LogP contribution in [0.1, 0.15) is 43.5 Å². The second-order valence-corrected chi connectivity index (χ2v) is 4.69. The lowest BCUT2D eigenvalue weighted by atomic mass is 10.1. The van der Waals surface area contributed by atoms with Gasteiger partial charge < -0.3 is 16.4 Å². The molecule has 1 aromatic rings. The van der Waals surface area contributed by atoms with Crippen LogP contribution < -0.4 is 16.4 Å². The number of nitrogens with two attached hydrogens (primary N) is 1. The van der Waals surface area contributed by atoms with Crippen molar-refractivity contribution in [3.8, 4) is 0 Å². The Labute approximate surface area is 119 Å². The van der Waals surface area contributed by atoms with Crippen LogP contribution in [0.4, 0.5) is 5.69 Å². The number of benzene rings is 1. The second kappa shape index (κ2) is 8.32. The van der Waals surface area contributed by atoms with E-state index in [4.69, 9.17) is 5.73 Å². The highest BCUT2D eigenvalue weighted by Gasteiger charge is 2.16. The molecule has 5 nitrogen and oxygen atoms in total. The minimum atomic E-state index is -0.549. The average Bonchev–Trinajstić information content (AvgIpc) is 2.45. The highest BCUT2D eigenvalue weighted by molar-refractivity contribution is 6.04. The third kappa shape index (κ3) is 4.66. The molecule has 1 aromatic carbocycles. The van der Waals surface area contributed by atoms with E-state index in [0.717, 1.165) is 12.8 Å². The number of para-hydroxylation sites is 1. The molecule has 0 saturated carbocycles. The van der Waals surface area contributed by atoms with Crippen LogP contribution in [0.25, 0.3) is 0 Å². The van der Waals surface area contributed by atoms with Gasteiger partial charge >= 0.3 is 0 Å². The van der Waals surface area contributed by atoms with Gasteiger partial charge in [0.1, 0.15) is 0 Å². The fourth-order valence-electron chi connectivity index (χ4n) is 1.79. The Hall–Kier alpha value is -1.88. The summed E-state index contributed by atoms with van der Waals surface area (Å²) >= 11 is 0. The molecule has 0 fully saturated rings. The normalized spacial score (nSPS) is 11.8. The number of hydrogen-bond donors (Lipinski definition) is 3. The lowest BCUT2D eigenvalue weighted by Crippen LogP contribution is -2.36. The summed E-state index contributed by atoms with van der Waals surface area (Å²) < 4.78 is 0. The molecule has 4 N–H and O–H groups in total. The van der Waals surface area contributed by atoms with E-state index >= 15 is 0 Å². The summed E-state index contributed by atoms with van der Waals surface area (Å²) in [5.41, 5.74) is 6.72. The molecule has 0 aliphatic carbocycles. The van der Waals surface area contributed by atoms with E-state index < -0.39 is 6.04 Å². The molecule has 0 radical (unpaired) electrons. The zero-order valence-corrected chi connectivity index (χ0v) is 12.1. The quantitative estimate of drug-likeness (QED) is 0.711. The van der Waals surface area contributed by atoms with Crippen molar-refractivity contribution in [3.63, 3.8) is 0 Å². The Kier molecular flexibility index (Phi) is 6.73. The van der Waals surface area contributed by atoms with Gasteiger partial charge in [0.05, 0.1) is 17.3 Å². The maximum Gasteiger partial charge on any atom is 0.253 e. The molecule has 1 atom stereocenters. The lowest BCUT2D eigenvalue weighted by Gasteiger charge is -2.14. The van der Waals surface area contributed by atoms with E-state index in [9.17, 15) is 9.59 Å². The smallest absolute Gasteiger partial charge is 0.253 e. The predicted molar refractivity (Wildman–Crippen MR) is 80.6 cm³/mol. The number of carbonyl (C=O) groups is 2. The molecule has 2 amide bonds. The van der Waals surface area contributed by atoms with Crippen LogP contribution in [0.3, 0.4) is 0 Å². The Morgan fingerprint density at radius 2 is 1.90 bits per heavy atom. The summed E-state index contributed by atoms with van der Waals surface area (Å²) in [6, 6.07) is 6.38. The molecular formula is C15H23N3O2. The number of nitrogens with one attached hydrogen (secondary N) is 2. The van der Waals surface area contributed by atoms with Crippen LogP contribution >= 0.6 is 0 Å². The summed E-state index contributed by atoms with van der Waals surface area (Å²) in [5, 5.41) is 5.52. The average molecular weight is 277 g/mol. The van der Waals surface area contributed by atoms with Crippen molar-refractivity contribution >= 4 is 17.5 Å². The van der Waals surface area contributed by atoms with Crippen molar-refractivity contribution in [3.05, 3.63) is 29.8 Å². The maximum atomic E-state index is 12.0. The Bertz CT molecular complexity index is 460. The first kappa shape index (κ1) is 16.2. The van der Waals surface area contributed by atoms with Crippen molar-refractivity contribution in [2.24, 2.45) is 5.73 Å². The van der Waals surface area contributed by atoms with E-state index in [1.165, 1.54) is 0 Å². The molecule has 0 bridgehead atoms. The van der Waals surface area contributed by atoms with Crippen LogP contribution in [-0.4, -0.2) is 24.4 Å². The number of hydrogen-bond acceptors (Lipinski definition) is 3. The molecule has 20 heavy (non-hydrogen) atoms. The highest BCUT2D eigenvalue weighted by Crippen LogP contribution is 2.15. The Morgan fingerprint density at radius 1 is 1.20 bits per heavy atom. The van der Waals surface area contributed by atoms with Crippen LogP contribution in [0, 0.1) is 0 Å². The largest absolute Gasteiger partial charge is 0.352 e. The summed E-state index contributed by atoms with van der Waals surface area (Å²) in [6.45, 7) is 4.56. The molecule has 0 aromatic heterocycles. The molecule has 110 valence electrons. The maximum absolute atomic E-state index is 12.0. The van der Waals surface area contributed by atoms with Gasteiger partial charge in [-0.3, -0.25) is 9.59 Å². The van der Waals surface area contributed by atoms with Crippen molar-refractivity contribution < 1.29 is 9.59 Å². The van der Waals surface area contributed by atoms with E-state index in [1.807, 2.05) is 13.8 Å². The van der Waals surface area contributed by atoms with Crippen LogP contribution in [0.2, 0.25) is 0 Å². The fraction of sp³-hybridized carbons (Fsp3) is 0.467. The molecule has 0 aliphatic rings. The molecule has 0 heterocycles. The number of anilines is 1. The van der Waals surface area contributed by atoms with Gasteiger partial charge in [0.15, 0.2) is 0 Å². The summed E-state index contributed by atoms with van der Waals surface area (Å²) in [5.74, 6) is -0.450. The van der Waals surface area contributed by atoms with Crippen molar-refractivity contribution in [1.29, 1.82) is 0 Å². The standard InChI is InChI=1S/C15H23N3O2/c1-3-7-12(16)15(20)18-13-9-6-5-8-11(13)14(19)17-10-4-2/h5-6,8-9,12H,3-4,7,10,16H2,1-2H3,(H,17,19)(H,18,20)/t12-/m1/s1. The van der Waals surface area contributed by atoms with Crippen molar-refractivity contribution in [1.82, 2.24) is 5.32 Å². The van der Waals surface area contributed by atoms with Gasteiger partial charge in [-0.2, -0.15) is 0 Å². The van der Waals surface area contributed by atoms with Crippen LogP contribution in [0.15, 0.2) is 24.3 Å². The molecular weight excluding hydrogens is 254 g/mol. The monoisotopic (exact) mass is 277 g/mol. The predicted octanol–water partition coefficient (Wildman–Crippen LogP) is 1.89. The molecule has 5 heteroatoms. The SMILES string of the molecule is CCCNC(=O)c1ccccc1NC(=O)[C@H](N)CCC. The summed E-state index contributed by atoms with van der Waals surface area (Å²) in [6.07, 6.45) is 2.32. The molecule has 0 spiro atoms. The summed E-state index contributed by atoms with van der Waals surface area (Å²) in [7, 11) is 0. The summed E-state index contributed by atoms with van der Waals surface area (Å²) in [4.78, 5) is 23.9. The molecule has 0 saturated heterocycles. The van der Waals surface area contributed by atoms with Crippen LogP contribution in [-0.2, 0) is 4.79 Å². The molecule has 0 unspecified atom stereocenters. The van der Waals surface area contributed by atoms with E-state index in [-0.39, 0.29) is 11.8 Å². The number of rotatable bonds is 7. The van der Waals surface area contributed by atoms with Gasteiger partial charge in [-0.1, -0.05) is 32.4 Å². The van der Waals surface area contributed by atoms with Gasteiger partial charge in [0.25, 0.3) is 5.91 Å². The van der Waals surface area contributed by atoms with Crippen molar-refractivity contribution in [2.75, 3.05) is 11.9 Å². The topological polar surface area (TPSA) is 84.2 Å². The third-order valence-electron chi connectivity index (χ3n) is 2.90. The zero-order valence-electron chi connectivity index (χ0n) is 12.1. The fourth-order valence-corrected chi connectivity index (χ4v) is 1.79. The Morgan fingerprint density at radius 3 is 2.55 bits per heavy atom. The highest BCUT2D eigenvalue weighted by atomic mass is 16.2. The van der Waals surface area contributed by atoms with E-state index in [1.54, 1.807) is 24.3 Å². The molecule has 1 rings (SSSR count). The van der Waals surface area contributed by atoms with Gasteiger partial charge in [0, 0.05) is 6.54 Å². The number of amides is 2.